The lowest BCUT2D eigenvalue weighted by atomic mass is 10.1. The normalized spacial score (nSPS) is 12.2. The highest BCUT2D eigenvalue weighted by Crippen LogP contribution is 2.31. The number of nitrogens with one attached hydrogen (secondary N) is 1. The minimum absolute atomic E-state index is 0.0528. The molecule has 3 N–H and O–H groups in total. The van der Waals surface area contributed by atoms with E-state index in [1.165, 1.54) is 25.3 Å². The van der Waals surface area contributed by atoms with Crippen LogP contribution in [0.4, 0.5) is 5.69 Å². The van der Waals surface area contributed by atoms with Crippen molar-refractivity contribution in [1.29, 1.82) is 0 Å². The summed E-state index contributed by atoms with van der Waals surface area (Å²) in [7, 11) is 1.48. The predicted octanol–water partition coefficient (Wildman–Crippen LogP) is 1.41. The topological polar surface area (TPSA) is 120 Å². The van der Waals surface area contributed by atoms with Gasteiger partial charge in [0.1, 0.15) is 11.6 Å². The molecule has 0 radical (unpaired) electrons. The van der Waals surface area contributed by atoms with Crippen molar-refractivity contribution in [1.82, 2.24) is 15.2 Å². The quantitative estimate of drug-likeness (QED) is 0.635. The van der Waals surface area contributed by atoms with Gasteiger partial charge in [0.25, 0.3) is 5.69 Å². The molecule has 8 heteroatoms. The number of ether oxygens (including phenoxy) is 1. The van der Waals surface area contributed by atoms with Crippen molar-refractivity contribution in [2.45, 2.75) is 13.0 Å². The van der Waals surface area contributed by atoms with Crippen molar-refractivity contribution >= 4 is 5.69 Å². The maximum absolute atomic E-state index is 10.8. The number of methoxy groups -OCH3 is 1. The fourth-order valence-electron chi connectivity index (χ4n) is 1.58. The van der Waals surface area contributed by atoms with Crippen LogP contribution in [-0.2, 0) is 0 Å². The lowest BCUT2D eigenvalue weighted by molar-refractivity contribution is -0.384. The summed E-state index contributed by atoms with van der Waals surface area (Å²) in [6.07, 6.45) is 0. The van der Waals surface area contributed by atoms with E-state index in [4.69, 9.17) is 10.5 Å². The molecular weight excluding hydrogens is 250 g/mol. The number of nitro groups is 1. The Morgan fingerprint density at radius 2 is 2.26 bits per heavy atom. The number of H-pyrrole nitrogens is 1. The number of benzene rings is 1. The molecular formula is C11H13N5O3. The van der Waals surface area contributed by atoms with Crippen LogP contribution >= 0.6 is 0 Å². The Morgan fingerprint density at radius 1 is 1.53 bits per heavy atom. The molecule has 0 spiro atoms. The van der Waals surface area contributed by atoms with E-state index in [0.29, 0.717) is 23.0 Å². The highest BCUT2D eigenvalue weighted by atomic mass is 16.6. The molecule has 8 nitrogen and oxygen atoms in total. The van der Waals surface area contributed by atoms with E-state index in [1.807, 2.05) is 0 Å². The van der Waals surface area contributed by atoms with Crippen LogP contribution < -0.4 is 10.5 Å². The molecule has 0 saturated carbocycles. The fraction of sp³-hybridized carbons (Fsp3) is 0.273. The van der Waals surface area contributed by atoms with Gasteiger partial charge in [0, 0.05) is 12.1 Å². The molecule has 0 amide bonds. The van der Waals surface area contributed by atoms with E-state index in [-0.39, 0.29) is 11.7 Å². The molecule has 0 aliphatic carbocycles. The summed E-state index contributed by atoms with van der Waals surface area (Å²) in [4.78, 5) is 14.5. The van der Waals surface area contributed by atoms with Crippen molar-refractivity contribution in [2.24, 2.45) is 5.73 Å². The maximum Gasteiger partial charge on any atom is 0.270 e. The first kappa shape index (κ1) is 13.0. The molecule has 0 aliphatic heterocycles. The summed E-state index contributed by atoms with van der Waals surface area (Å²) >= 11 is 0. The second-order valence-electron chi connectivity index (χ2n) is 3.97. The molecule has 0 bridgehead atoms. The van der Waals surface area contributed by atoms with Gasteiger partial charge in [-0.1, -0.05) is 0 Å². The number of rotatable bonds is 4. The third kappa shape index (κ3) is 2.52. The average Bonchev–Trinajstić information content (AvgIpc) is 2.87. The summed E-state index contributed by atoms with van der Waals surface area (Å²) in [5.74, 6) is 1.28. The number of nitrogens with two attached hydrogens (primary N) is 1. The van der Waals surface area contributed by atoms with E-state index in [0.717, 1.165) is 0 Å². The van der Waals surface area contributed by atoms with Gasteiger partial charge >= 0.3 is 0 Å². The molecule has 0 aliphatic rings. The summed E-state index contributed by atoms with van der Waals surface area (Å²) in [6.45, 7) is 1.76. The van der Waals surface area contributed by atoms with E-state index in [2.05, 4.69) is 15.2 Å². The second-order valence-corrected chi connectivity index (χ2v) is 3.97. The van der Waals surface area contributed by atoms with Gasteiger partial charge < -0.3 is 10.5 Å². The first-order valence-corrected chi connectivity index (χ1v) is 5.53. The summed E-state index contributed by atoms with van der Waals surface area (Å²) in [5, 5.41) is 17.5. The predicted molar refractivity (Wildman–Crippen MR) is 67.6 cm³/mol. The Hall–Kier alpha value is -2.48. The number of hydrogen-bond acceptors (Lipinski definition) is 6. The zero-order valence-corrected chi connectivity index (χ0v) is 10.5. The zero-order chi connectivity index (χ0) is 14.0. The summed E-state index contributed by atoms with van der Waals surface area (Å²) < 4.78 is 5.16. The molecule has 100 valence electrons. The van der Waals surface area contributed by atoms with Crippen LogP contribution in [0.3, 0.4) is 0 Å². The Kier molecular flexibility index (Phi) is 3.43. The second kappa shape index (κ2) is 5.02. The van der Waals surface area contributed by atoms with Gasteiger partial charge in [-0.15, -0.1) is 0 Å². The van der Waals surface area contributed by atoms with Crippen LogP contribution in [0.15, 0.2) is 18.2 Å². The van der Waals surface area contributed by atoms with Crippen LogP contribution in [0.1, 0.15) is 18.8 Å². The first-order chi connectivity index (χ1) is 9.02. The van der Waals surface area contributed by atoms with E-state index >= 15 is 0 Å². The average molecular weight is 263 g/mol. The molecule has 19 heavy (non-hydrogen) atoms. The standard InChI is InChI=1S/C11H13N5O3/c1-6(12)10-13-11(15-14-10)8-5-7(16(17)18)3-4-9(8)19-2/h3-6H,12H2,1-2H3,(H,13,14,15)/t6-/m0/s1. The molecule has 1 heterocycles. The van der Waals surface area contributed by atoms with Crippen LogP contribution in [0.25, 0.3) is 11.4 Å². The van der Waals surface area contributed by atoms with Crippen LogP contribution in [0.2, 0.25) is 0 Å². The fourth-order valence-corrected chi connectivity index (χ4v) is 1.58. The molecule has 1 aromatic heterocycles. The molecule has 0 saturated heterocycles. The minimum Gasteiger partial charge on any atom is -0.496 e. The lowest BCUT2D eigenvalue weighted by Crippen LogP contribution is -2.06. The third-order valence-electron chi connectivity index (χ3n) is 2.57. The number of aromatic amines is 1. The molecule has 2 rings (SSSR count). The molecule has 1 aromatic carbocycles. The maximum atomic E-state index is 10.8. The van der Waals surface area contributed by atoms with Gasteiger partial charge in [-0.25, -0.2) is 4.98 Å². The Labute approximate surface area is 108 Å². The number of hydrogen-bond donors (Lipinski definition) is 2. The van der Waals surface area contributed by atoms with Crippen molar-refractivity contribution in [3.63, 3.8) is 0 Å². The van der Waals surface area contributed by atoms with E-state index in [9.17, 15) is 10.1 Å². The largest absolute Gasteiger partial charge is 0.496 e. The van der Waals surface area contributed by atoms with Crippen molar-refractivity contribution in [3.8, 4) is 17.1 Å². The SMILES string of the molecule is COc1ccc([N+](=O)[O-])cc1-c1n[nH]c([C@H](C)N)n1. The number of aromatic nitrogens is 3. The number of nitro benzene ring substituents is 1. The Morgan fingerprint density at radius 3 is 2.79 bits per heavy atom. The minimum atomic E-state index is -0.484. The highest BCUT2D eigenvalue weighted by Gasteiger charge is 2.17. The summed E-state index contributed by atoms with van der Waals surface area (Å²) in [5.41, 5.74) is 6.07. The van der Waals surface area contributed by atoms with E-state index in [1.54, 1.807) is 6.92 Å². The zero-order valence-electron chi connectivity index (χ0n) is 10.5. The first-order valence-electron chi connectivity index (χ1n) is 5.53. The van der Waals surface area contributed by atoms with Gasteiger partial charge in [0.05, 0.1) is 23.6 Å². The molecule has 0 fully saturated rings. The van der Waals surface area contributed by atoms with Crippen LogP contribution in [0, 0.1) is 10.1 Å². The summed E-state index contributed by atoms with van der Waals surface area (Å²) in [6, 6.07) is 3.94. The van der Waals surface area contributed by atoms with Crippen molar-refractivity contribution in [2.75, 3.05) is 7.11 Å². The Balaban J connectivity index is 2.51. The van der Waals surface area contributed by atoms with Crippen molar-refractivity contribution < 1.29 is 9.66 Å². The van der Waals surface area contributed by atoms with Crippen molar-refractivity contribution in [3.05, 3.63) is 34.1 Å². The lowest BCUT2D eigenvalue weighted by Gasteiger charge is -2.04. The van der Waals surface area contributed by atoms with E-state index < -0.39 is 4.92 Å². The highest BCUT2D eigenvalue weighted by molar-refractivity contribution is 5.67. The van der Waals surface area contributed by atoms with Gasteiger partial charge in [0.15, 0.2) is 5.82 Å². The molecule has 2 aromatic rings. The van der Waals surface area contributed by atoms with Crippen LogP contribution in [-0.4, -0.2) is 27.2 Å². The van der Waals surface area contributed by atoms with Gasteiger partial charge in [-0.2, -0.15) is 5.10 Å². The monoisotopic (exact) mass is 263 g/mol. The third-order valence-corrected chi connectivity index (χ3v) is 2.57. The van der Waals surface area contributed by atoms with Gasteiger partial charge in [-0.05, 0) is 13.0 Å². The smallest absolute Gasteiger partial charge is 0.270 e. The van der Waals surface area contributed by atoms with Gasteiger partial charge in [-0.3, -0.25) is 15.2 Å². The molecule has 0 unspecified atom stereocenters. The number of nitrogens with zero attached hydrogens (tertiary/aromatic N) is 3. The Bertz CT molecular complexity index is 608. The molecule has 1 atom stereocenters. The number of non-ortho nitro benzene ring substituents is 1. The van der Waals surface area contributed by atoms with Crippen LogP contribution in [0.5, 0.6) is 5.75 Å². The van der Waals surface area contributed by atoms with Gasteiger partial charge in [0.2, 0.25) is 0 Å².